The molecule has 0 bridgehead atoms. The van der Waals surface area contributed by atoms with Gasteiger partial charge in [-0.1, -0.05) is 6.92 Å². The molecule has 2 rings (SSSR count). The molecule has 1 saturated heterocycles. The Morgan fingerprint density at radius 3 is 2.68 bits per heavy atom. The van der Waals surface area contributed by atoms with Gasteiger partial charge < -0.3 is 15.4 Å². The number of carbonyl (C=O) groups excluding carboxylic acids is 1. The maximum absolute atomic E-state index is 12.4. The first-order valence-corrected chi connectivity index (χ1v) is 6.92. The lowest BCUT2D eigenvalue weighted by Gasteiger charge is -2.30. The van der Waals surface area contributed by atoms with Gasteiger partial charge in [0.05, 0.1) is 6.61 Å². The number of rotatable bonds is 3. The van der Waals surface area contributed by atoms with E-state index in [-0.39, 0.29) is 5.91 Å². The van der Waals surface area contributed by atoms with E-state index in [0.717, 1.165) is 25.9 Å². The molecule has 0 aliphatic carbocycles. The van der Waals surface area contributed by atoms with Crippen molar-refractivity contribution < 1.29 is 9.53 Å². The van der Waals surface area contributed by atoms with Crippen LogP contribution < -0.4 is 10.5 Å². The predicted molar refractivity (Wildman–Crippen MR) is 76.3 cm³/mol. The smallest absolute Gasteiger partial charge is 0.254 e. The number of likely N-dealkylation sites (tertiary alicyclic amines) is 1. The van der Waals surface area contributed by atoms with Crippen LogP contribution in [-0.4, -0.2) is 30.5 Å². The van der Waals surface area contributed by atoms with Crippen molar-refractivity contribution in [2.24, 2.45) is 5.92 Å². The van der Waals surface area contributed by atoms with E-state index in [1.165, 1.54) is 0 Å². The fourth-order valence-corrected chi connectivity index (χ4v) is 2.39. The Kier molecular flexibility index (Phi) is 4.30. The monoisotopic (exact) mass is 262 g/mol. The number of hydrogen-bond donors (Lipinski definition) is 1. The third kappa shape index (κ3) is 3.40. The summed E-state index contributed by atoms with van der Waals surface area (Å²) in [5.41, 5.74) is 7.02. The molecule has 4 nitrogen and oxygen atoms in total. The normalized spacial score (nSPS) is 16.4. The summed E-state index contributed by atoms with van der Waals surface area (Å²) < 4.78 is 5.43. The summed E-state index contributed by atoms with van der Waals surface area (Å²) in [7, 11) is 0. The molecule has 1 aromatic rings. The molecular weight excluding hydrogens is 240 g/mol. The van der Waals surface area contributed by atoms with Crippen molar-refractivity contribution in [1.29, 1.82) is 0 Å². The molecule has 1 aliphatic heterocycles. The highest BCUT2D eigenvalue weighted by Crippen LogP contribution is 2.23. The predicted octanol–water partition coefficient (Wildman–Crippen LogP) is 2.54. The minimum Gasteiger partial charge on any atom is -0.494 e. The standard InChI is InChI=1S/C15H22N2O2/c1-3-19-14-9-12(8-13(16)10-14)15(18)17-6-4-11(2)5-7-17/h8-11H,3-7,16H2,1-2H3. The summed E-state index contributed by atoms with van der Waals surface area (Å²) in [6, 6.07) is 5.25. The first-order valence-electron chi connectivity index (χ1n) is 6.92. The number of nitrogens with two attached hydrogens (primary N) is 1. The van der Waals surface area contributed by atoms with Crippen molar-refractivity contribution in [3.8, 4) is 5.75 Å². The van der Waals surface area contributed by atoms with Gasteiger partial charge in [-0.3, -0.25) is 4.79 Å². The van der Waals surface area contributed by atoms with Crippen molar-refractivity contribution in [3.05, 3.63) is 23.8 Å². The van der Waals surface area contributed by atoms with E-state index in [4.69, 9.17) is 10.5 Å². The first kappa shape index (κ1) is 13.7. The zero-order valence-corrected chi connectivity index (χ0v) is 11.7. The van der Waals surface area contributed by atoms with Crippen molar-refractivity contribution >= 4 is 11.6 Å². The number of carbonyl (C=O) groups is 1. The topological polar surface area (TPSA) is 55.6 Å². The second-order valence-electron chi connectivity index (χ2n) is 5.20. The SMILES string of the molecule is CCOc1cc(N)cc(C(=O)N2CCC(C)CC2)c1. The second-order valence-corrected chi connectivity index (χ2v) is 5.20. The Morgan fingerprint density at radius 2 is 2.05 bits per heavy atom. The molecule has 1 amide bonds. The molecule has 0 unspecified atom stereocenters. The highest BCUT2D eigenvalue weighted by Gasteiger charge is 2.22. The summed E-state index contributed by atoms with van der Waals surface area (Å²) in [5, 5.41) is 0. The lowest BCUT2D eigenvalue weighted by Crippen LogP contribution is -2.37. The van der Waals surface area contributed by atoms with Crippen LogP contribution >= 0.6 is 0 Å². The molecule has 0 atom stereocenters. The number of piperidine rings is 1. The number of hydrogen-bond acceptors (Lipinski definition) is 3. The summed E-state index contributed by atoms with van der Waals surface area (Å²) in [4.78, 5) is 14.3. The van der Waals surface area contributed by atoms with Crippen LogP contribution in [-0.2, 0) is 0 Å². The Balaban J connectivity index is 2.14. The zero-order chi connectivity index (χ0) is 13.8. The van der Waals surface area contributed by atoms with Crippen LogP contribution in [0.2, 0.25) is 0 Å². The average molecular weight is 262 g/mol. The fraction of sp³-hybridized carbons (Fsp3) is 0.533. The number of amides is 1. The molecule has 2 N–H and O–H groups in total. The van der Waals surface area contributed by atoms with E-state index in [0.29, 0.717) is 29.5 Å². The summed E-state index contributed by atoms with van der Waals surface area (Å²) in [6.45, 7) is 6.38. The molecule has 0 saturated carbocycles. The Morgan fingerprint density at radius 1 is 1.37 bits per heavy atom. The highest BCUT2D eigenvalue weighted by atomic mass is 16.5. The van der Waals surface area contributed by atoms with Crippen molar-refractivity contribution in [3.63, 3.8) is 0 Å². The molecule has 4 heteroatoms. The van der Waals surface area contributed by atoms with Gasteiger partial charge in [0, 0.05) is 30.4 Å². The molecule has 19 heavy (non-hydrogen) atoms. The minimum atomic E-state index is 0.0557. The third-order valence-corrected chi connectivity index (χ3v) is 3.56. The van der Waals surface area contributed by atoms with E-state index in [2.05, 4.69) is 6.92 Å². The maximum atomic E-state index is 12.4. The van der Waals surface area contributed by atoms with E-state index in [1.807, 2.05) is 11.8 Å². The van der Waals surface area contributed by atoms with Crippen molar-refractivity contribution in [2.75, 3.05) is 25.4 Å². The third-order valence-electron chi connectivity index (χ3n) is 3.56. The van der Waals surface area contributed by atoms with Gasteiger partial charge in [-0.2, -0.15) is 0 Å². The lowest BCUT2D eigenvalue weighted by molar-refractivity contribution is 0.0697. The van der Waals surface area contributed by atoms with Gasteiger partial charge in [-0.05, 0) is 37.8 Å². The Hall–Kier alpha value is -1.71. The van der Waals surface area contributed by atoms with Crippen LogP contribution in [0.1, 0.15) is 37.0 Å². The van der Waals surface area contributed by atoms with Gasteiger partial charge in [-0.25, -0.2) is 0 Å². The molecule has 0 spiro atoms. The van der Waals surface area contributed by atoms with E-state index >= 15 is 0 Å². The minimum absolute atomic E-state index is 0.0557. The van der Waals surface area contributed by atoms with Crippen LogP contribution in [0.3, 0.4) is 0 Å². The molecule has 1 aromatic carbocycles. The van der Waals surface area contributed by atoms with Crippen molar-refractivity contribution in [2.45, 2.75) is 26.7 Å². The van der Waals surface area contributed by atoms with Crippen LogP contribution in [0, 0.1) is 5.92 Å². The largest absolute Gasteiger partial charge is 0.494 e. The van der Waals surface area contributed by atoms with Gasteiger partial charge in [-0.15, -0.1) is 0 Å². The van der Waals surface area contributed by atoms with Gasteiger partial charge in [0.25, 0.3) is 5.91 Å². The van der Waals surface area contributed by atoms with E-state index < -0.39 is 0 Å². The Labute approximate surface area is 114 Å². The quantitative estimate of drug-likeness (QED) is 0.852. The van der Waals surface area contributed by atoms with Crippen LogP contribution in [0.25, 0.3) is 0 Å². The second kappa shape index (κ2) is 5.95. The molecule has 1 heterocycles. The van der Waals surface area contributed by atoms with Crippen molar-refractivity contribution in [1.82, 2.24) is 4.90 Å². The van der Waals surface area contributed by atoms with E-state index in [1.54, 1.807) is 18.2 Å². The summed E-state index contributed by atoms with van der Waals surface area (Å²) >= 11 is 0. The maximum Gasteiger partial charge on any atom is 0.254 e. The van der Waals surface area contributed by atoms with E-state index in [9.17, 15) is 4.79 Å². The average Bonchev–Trinajstić information content (AvgIpc) is 2.38. The van der Waals surface area contributed by atoms with Gasteiger partial charge >= 0.3 is 0 Å². The number of nitrogens with zero attached hydrogens (tertiary/aromatic N) is 1. The summed E-state index contributed by atoms with van der Waals surface area (Å²) in [5.74, 6) is 1.43. The molecular formula is C15H22N2O2. The molecule has 1 aliphatic rings. The fourth-order valence-electron chi connectivity index (χ4n) is 2.39. The molecule has 1 fully saturated rings. The highest BCUT2D eigenvalue weighted by molar-refractivity contribution is 5.95. The van der Waals surface area contributed by atoms with Gasteiger partial charge in [0.1, 0.15) is 5.75 Å². The summed E-state index contributed by atoms with van der Waals surface area (Å²) in [6.07, 6.45) is 2.15. The zero-order valence-electron chi connectivity index (χ0n) is 11.7. The number of nitrogen functional groups attached to an aromatic ring is 1. The molecule has 0 radical (unpaired) electrons. The Bertz CT molecular complexity index is 451. The number of benzene rings is 1. The van der Waals surface area contributed by atoms with Crippen LogP contribution in [0.4, 0.5) is 5.69 Å². The van der Waals surface area contributed by atoms with Gasteiger partial charge in [0.2, 0.25) is 0 Å². The van der Waals surface area contributed by atoms with Crippen LogP contribution in [0.15, 0.2) is 18.2 Å². The van der Waals surface area contributed by atoms with Gasteiger partial charge in [0.15, 0.2) is 0 Å². The molecule has 104 valence electrons. The lowest BCUT2D eigenvalue weighted by atomic mass is 9.98. The first-order chi connectivity index (χ1) is 9.10. The number of anilines is 1. The molecule has 0 aromatic heterocycles. The number of ether oxygens (including phenoxy) is 1. The van der Waals surface area contributed by atoms with Crippen LogP contribution in [0.5, 0.6) is 5.75 Å².